The van der Waals surface area contributed by atoms with Gasteiger partial charge in [-0.15, -0.1) is 0 Å². The molecule has 1 aliphatic heterocycles. The van der Waals surface area contributed by atoms with Gasteiger partial charge in [0.05, 0.1) is 17.3 Å². The average molecular weight is 525 g/mol. The molecule has 0 fully saturated rings. The number of aromatic nitrogens is 1. The molecule has 0 saturated carbocycles. The fraction of sp³-hybridized carbons (Fsp3) is 0.190. The number of likely N-dealkylation sites (N-methyl/N-ethyl adjacent to an activating group) is 1. The van der Waals surface area contributed by atoms with Crippen molar-refractivity contribution in [3.8, 4) is 11.5 Å². The van der Waals surface area contributed by atoms with E-state index in [1.165, 1.54) is 18.3 Å². The zero-order chi connectivity index (χ0) is 22.0. The molecule has 0 bridgehead atoms. The maximum Gasteiger partial charge on any atom is 0.264 e. The molecule has 31 heavy (non-hydrogen) atoms. The van der Waals surface area contributed by atoms with Gasteiger partial charge in [0.1, 0.15) is 23.9 Å². The molecule has 0 radical (unpaired) electrons. The van der Waals surface area contributed by atoms with Gasteiger partial charge in [0.15, 0.2) is 11.6 Å². The maximum absolute atomic E-state index is 12.8. The van der Waals surface area contributed by atoms with Crippen molar-refractivity contribution in [2.45, 2.75) is 11.5 Å². The molecule has 3 aromatic rings. The Morgan fingerprint density at radius 2 is 2.06 bits per heavy atom. The van der Waals surface area contributed by atoms with Crippen LogP contribution in [0.2, 0.25) is 5.02 Å². The predicted molar refractivity (Wildman–Crippen MR) is 124 cm³/mol. The number of hydrogen-bond acceptors (Lipinski definition) is 6. The Labute approximate surface area is 194 Å². The fourth-order valence-corrected chi connectivity index (χ4v) is 4.96. The van der Waals surface area contributed by atoms with Gasteiger partial charge >= 0.3 is 0 Å². The van der Waals surface area contributed by atoms with Gasteiger partial charge in [-0.05, 0) is 51.8 Å². The van der Waals surface area contributed by atoms with Crippen molar-refractivity contribution in [3.05, 3.63) is 69.8 Å². The summed E-state index contributed by atoms with van der Waals surface area (Å²) in [7, 11) is -1.93. The van der Waals surface area contributed by atoms with E-state index in [-0.39, 0.29) is 28.1 Å². The van der Waals surface area contributed by atoms with E-state index in [4.69, 9.17) is 21.1 Å². The smallest absolute Gasteiger partial charge is 0.264 e. The number of benzene rings is 2. The highest BCUT2D eigenvalue weighted by Gasteiger charge is 2.21. The van der Waals surface area contributed by atoms with Gasteiger partial charge in [-0.1, -0.05) is 29.8 Å². The predicted octanol–water partition coefficient (Wildman–Crippen LogP) is 4.71. The zero-order valence-corrected chi connectivity index (χ0v) is 19.7. The molecule has 2 heterocycles. The van der Waals surface area contributed by atoms with Crippen LogP contribution in [0.15, 0.2) is 64.1 Å². The van der Waals surface area contributed by atoms with E-state index in [0.717, 1.165) is 23.5 Å². The Morgan fingerprint density at radius 3 is 2.87 bits per heavy atom. The molecule has 0 unspecified atom stereocenters. The zero-order valence-electron chi connectivity index (χ0n) is 16.5. The summed E-state index contributed by atoms with van der Waals surface area (Å²) in [6, 6.07) is 13.7. The van der Waals surface area contributed by atoms with Crippen molar-refractivity contribution in [2.75, 3.05) is 29.8 Å². The van der Waals surface area contributed by atoms with Gasteiger partial charge in [0, 0.05) is 17.7 Å². The molecular weight excluding hydrogens is 506 g/mol. The Morgan fingerprint density at radius 1 is 1.26 bits per heavy atom. The highest BCUT2D eigenvalue weighted by Crippen LogP contribution is 2.33. The summed E-state index contributed by atoms with van der Waals surface area (Å²) < 4.78 is 40.4. The number of pyridine rings is 1. The van der Waals surface area contributed by atoms with E-state index in [1.807, 2.05) is 25.2 Å². The summed E-state index contributed by atoms with van der Waals surface area (Å²) in [5, 5.41) is 0.119. The molecule has 0 amide bonds. The first kappa shape index (κ1) is 21.7. The number of fused-ring (bicyclic) bond motifs is 1. The van der Waals surface area contributed by atoms with Crippen LogP contribution in [0.1, 0.15) is 5.56 Å². The summed E-state index contributed by atoms with van der Waals surface area (Å²) in [5.74, 6) is 1.14. The van der Waals surface area contributed by atoms with Gasteiger partial charge in [-0.25, -0.2) is 13.4 Å². The van der Waals surface area contributed by atoms with Gasteiger partial charge < -0.3 is 14.4 Å². The largest absolute Gasteiger partial charge is 0.490 e. The highest BCUT2D eigenvalue weighted by atomic mass is 79.9. The monoisotopic (exact) mass is 523 g/mol. The molecule has 2 aromatic carbocycles. The Kier molecular flexibility index (Phi) is 6.27. The molecule has 7 nitrogen and oxygen atoms in total. The van der Waals surface area contributed by atoms with E-state index in [1.54, 1.807) is 18.2 Å². The van der Waals surface area contributed by atoms with Crippen LogP contribution in [0.5, 0.6) is 11.5 Å². The Bertz CT molecular complexity index is 1220. The van der Waals surface area contributed by atoms with E-state index in [9.17, 15) is 8.42 Å². The lowest BCUT2D eigenvalue weighted by Crippen LogP contribution is -2.28. The third kappa shape index (κ3) is 4.89. The molecule has 162 valence electrons. The van der Waals surface area contributed by atoms with Crippen LogP contribution in [-0.2, 0) is 16.6 Å². The average Bonchev–Trinajstić information content (AvgIpc) is 2.74. The van der Waals surface area contributed by atoms with Crippen molar-refractivity contribution < 1.29 is 17.9 Å². The molecule has 4 rings (SSSR count). The van der Waals surface area contributed by atoms with E-state index >= 15 is 0 Å². The lowest BCUT2D eigenvalue weighted by molar-refractivity contribution is 0.298. The van der Waals surface area contributed by atoms with Crippen molar-refractivity contribution in [1.29, 1.82) is 0 Å². The molecule has 1 aromatic heterocycles. The van der Waals surface area contributed by atoms with Crippen LogP contribution >= 0.6 is 27.5 Å². The summed E-state index contributed by atoms with van der Waals surface area (Å²) in [5.41, 5.74) is 1.90. The number of ether oxygens (including phenoxy) is 2. The Hall–Kier alpha value is -2.49. The normalized spacial score (nSPS) is 13.3. The number of sulfonamides is 1. The topological polar surface area (TPSA) is 80.8 Å². The van der Waals surface area contributed by atoms with Crippen LogP contribution in [-0.4, -0.2) is 33.6 Å². The Balaban J connectivity index is 1.56. The molecule has 0 spiro atoms. The van der Waals surface area contributed by atoms with Crippen molar-refractivity contribution in [2.24, 2.45) is 0 Å². The molecule has 0 atom stereocenters. The van der Waals surface area contributed by atoms with Crippen LogP contribution in [0.25, 0.3) is 0 Å². The second-order valence-electron chi connectivity index (χ2n) is 6.90. The van der Waals surface area contributed by atoms with Crippen molar-refractivity contribution in [3.63, 3.8) is 0 Å². The van der Waals surface area contributed by atoms with Gasteiger partial charge in [0.2, 0.25) is 0 Å². The van der Waals surface area contributed by atoms with Crippen molar-refractivity contribution in [1.82, 2.24) is 4.98 Å². The highest BCUT2D eigenvalue weighted by molar-refractivity contribution is 9.10. The first-order chi connectivity index (χ1) is 14.8. The van der Waals surface area contributed by atoms with Crippen LogP contribution in [0.4, 0.5) is 11.5 Å². The summed E-state index contributed by atoms with van der Waals surface area (Å²) >= 11 is 9.40. The second kappa shape index (κ2) is 8.94. The number of hydrogen-bond donors (Lipinski definition) is 1. The van der Waals surface area contributed by atoms with Gasteiger partial charge in [-0.2, -0.15) is 0 Å². The van der Waals surface area contributed by atoms with Crippen molar-refractivity contribution >= 4 is 49.1 Å². The molecule has 1 aliphatic rings. The first-order valence-corrected chi connectivity index (χ1v) is 12.0. The lowest BCUT2D eigenvalue weighted by Gasteiger charge is -2.28. The van der Waals surface area contributed by atoms with E-state index in [0.29, 0.717) is 11.1 Å². The lowest BCUT2D eigenvalue weighted by atomic mass is 10.1. The van der Waals surface area contributed by atoms with E-state index < -0.39 is 10.0 Å². The third-order valence-corrected chi connectivity index (χ3v) is 6.96. The minimum atomic E-state index is -3.95. The molecule has 1 N–H and O–H groups in total. The number of anilines is 2. The summed E-state index contributed by atoms with van der Waals surface area (Å²) in [6.45, 7) is 1.66. The minimum absolute atomic E-state index is 0.0386. The van der Waals surface area contributed by atoms with Crippen LogP contribution in [0.3, 0.4) is 0 Å². The molecule has 0 saturated heterocycles. The van der Waals surface area contributed by atoms with Crippen LogP contribution in [0, 0.1) is 0 Å². The quantitative estimate of drug-likeness (QED) is 0.503. The number of nitrogens with one attached hydrogen (secondary N) is 1. The third-order valence-electron chi connectivity index (χ3n) is 4.69. The van der Waals surface area contributed by atoms with Crippen LogP contribution < -0.4 is 19.1 Å². The second-order valence-corrected chi connectivity index (χ2v) is 9.87. The van der Waals surface area contributed by atoms with Gasteiger partial charge in [-0.3, -0.25) is 4.72 Å². The fourth-order valence-electron chi connectivity index (χ4n) is 3.11. The summed E-state index contributed by atoms with van der Waals surface area (Å²) in [6.07, 6.45) is 1.49. The number of nitrogens with zero attached hydrogens (tertiary/aromatic N) is 2. The first-order valence-electron chi connectivity index (χ1n) is 9.36. The minimum Gasteiger partial charge on any atom is -0.490 e. The summed E-state index contributed by atoms with van der Waals surface area (Å²) in [4.78, 5) is 6.26. The maximum atomic E-state index is 12.8. The number of rotatable bonds is 6. The molecule has 10 heteroatoms. The molecular formula is C21H19BrClN3O4S. The molecule has 0 aliphatic carbocycles. The van der Waals surface area contributed by atoms with Gasteiger partial charge in [0.25, 0.3) is 10.0 Å². The van der Waals surface area contributed by atoms with E-state index in [2.05, 4.69) is 30.5 Å². The SMILES string of the molecule is CN1CCOc2cc(COc3cc(Br)cnc3NS(=O)(=O)c3ccccc3Cl)ccc21. The standard InChI is InChI=1S/C21H19BrClN3O4S/c1-26-8-9-29-18-10-14(6-7-17(18)26)13-30-19-11-15(22)12-24-21(19)25-31(27,28)20-5-3-2-4-16(20)23/h2-7,10-12H,8-9,13H2,1H3,(H,24,25). The number of halogens is 2.